The fraction of sp³-hybridized carbons (Fsp3) is 0.500. The molecule has 0 aromatic carbocycles. The second-order valence-electron chi connectivity index (χ2n) is 4.45. The van der Waals surface area contributed by atoms with Crippen molar-refractivity contribution in [2.75, 3.05) is 13.1 Å². The first-order chi connectivity index (χ1) is 9.86. The van der Waals surface area contributed by atoms with Gasteiger partial charge in [0.05, 0.1) is 6.20 Å². The van der Waals surface area contributed by atoms with Crippen LogP contribution in [0.1, 0.15) is 12.8 Å². The standard InChI is InChI=1S/C12H13F3N2O4/c13-12(14,15)11(19)21-9-5-7(18)6-17-10(9)20-8-1-3-16-4-2-8/h5-6,8,16,18H,1-4H2. The number of nitrogens with zero attached hydrogens (tertiary/aromatic N) is 1. The third-order valence-electron chi connectivity index (χ3n) is 2.80. The summed E-state index contributed by atoms with van der Waals surface area (Å²) in [6.07, 6.45) is -3.09. The van der Waals surface area contributed by atoms with Crippen molar-refractivity contribution in [1.82, 2.24) is 10.3 Å². The molecule has 0 amide bonds. The highest BCUT2D eigenvalue weighted by molar-refractivity contribution is 5.78. The Hall–Kier alpha value is -2.03. The van der Waals surface area contributed by atoms with Gasteiger partial charge in [-0.2, -0.15) is 13.2 Å². The van der Waals surface area contributed by atoms with Crippen LogP contribution in [0.2, 0.25) is 0 Å². The normalized spacial score (nSPS) is 16.5. The fourth-order valence-corrected chi connectivity index (χ4v) is 1.81. The van der Waals surface area contributed by atoms with Crippen LogP contribution in [0, 0.1) is 0 Å². The largest absolute Gasteiger partial charge is 0.506 e. The minimum Gasteiger partial charge on any atom is -0.506 e. The van der Waals surface area contributed by atoms with Crippen LogP contribution in [0.25, 0.3) is 0 Å². The first-order valence-electron chi connectivity index (χ1n) is 6.21. The molecule has 1 fully saturated rings. The van der Waals surface area contributed by atoms with Crippen molar-refractivity contribution in [3.8, 4) is 17.4 Å². The number of alkyl halides is 3. The van der Waals surface area contributed by atoms with Crippen LogP contribution in [0.5, 0.6) is 17.4 Å². The molecule has 0 unspecified atom stereocenters. The number of esters is 1. The fourth-order valence-electron chi connectivity index (χ4n) is 1.81. The number of ether oxygens (including phenoxy) is 2. The molecule has 6 nitrogen and oxygen atoms in total. The maximum Gasteiger partial charge on any atom is 0.491 e. The third kappa shape index (κ3) is 4.22. The molecule has 1 aliphatic rings. The first-order valence-corrected chi connectivity index (χ1v) is 6.21. The molecule has 1 aliphatic heterocycles. The Morgan fingerprint density at radius 3 is 2.67 bits per heavy atom. The summed E-state index contributed by atoms with van der Waals surface area (Å²) in [5, 5.41) is 12.4. The number of aromatic hydroxyl groups is 1. The van der Waals surface area contributed by atoms with Gasteiger partial charge in [-0.25, -0.2) is 9.78 Å². The zero-order valence-corrected chi connectivity index (χ0v) is 10.8. The van der Waals surface area contributed by atoms with Crippen LogP contribution in [0.4, 0.5) is 13.2 Å². The van der Waals surface area contributed by atoms with Gasteiger partial charge in [-0.1, -0.05) is 0 Å². The van der Waals surface area contributed by atoms with Crippen LogP contribution in [-0.4, -0.2) is 41.4 Å². The van der Waals surface area contributed by atoms with Gasteiger partial charge in [-0.15, -0.1) is 0 Å². The molecule has 0 atom stereocenters. The Balaban J connectivity index is 2.15. The van der Waals surface area contributed by atoms with Crippen LogP contribution in [-0.2, 0) is 4.79 Å². The highest BCUT2D eigenvalue weighted by Crippen LogP contribution is 2.31. The summed E-state index contributed by atoms with van der Waals surface area (Å²) in [4.78, 5) is 14.5. The number of hydrogen-bond donors (Lipinski definition) is 2. The SMILES string of the molecule is O=C(Oc1cc(O)cnc1OC1CCNCC1)C(F)(F)F. The number of aromatic nitrogens is 1. The second-order valence-corrected chi connectivity index (χ2v) is 4.45. The maximum atomic E-state index is 12.2. The van der Waals surface area contributed by atoms with Gasteiger partial charge < -0.3 is 19.9 Å². The molecule has 1 saturated heterocycles. The molecule has 0 spiro atoms. The van der Waals surface area contributed by atoms with Gasteiger partial charge >= 0.3 is 12.1 Å². The summed E-state index contributed by atoms with van der Waals surface area (Å²) in [5.41, 5.74) is 0. The number of carbonyl (C=O) groups excluding carboxylic acids is 1. The Kier molecular flexibility index (Phi) is 4.51. The molecule has 0 radical (unpaired) electrons. The van der Waals surface area contributed by atoms with E-state index in [0.29, 0.717) is 25.9 Å². The molecule has 1 aromatic rings. The molecule has 21 heavy (non-hydrogen) atoms. The van der Waals surface area contributed by atoms with Crippen molar-refractivity contribution in [2.45, 2.75) is 25.1 Å². The molecule has 0 aliphatic carbocycles. The lowest BCUT2D eigenvalue weighted by atomic mass is 10.1. The predicted molar refractivity (Wildman–Crippen MR) is 64.1 cm³/mol. The Bertz CT molecular complexity index is 516. The molecule has 2 N–H and O–H groups in total. The van der Waals surface area contributed by atoms with Crippen molar-refractivity contribution in [3.05, 3.63) is 12.3 Å². The van der Waals surface area contributed by atoms with E-state index in [9.17, 15) is 23.1 Å². The third-order valence-corrected chi connectivity index (χ3v) is 2.80. The molecule has 1 aromatic heterocycles. The average molecular weight is 306 g/mol. The summed E-state index contributed by atoms with van der Waals surface area (Å²) < 4.78 is 46.3. The topological polar surface area (TPSA) is 80.7 Å². The van der Waals surface area contributed by atoms with Crippen LogP contribution >= 0.6 is 0 Å². The number of nitrogens with one attached hydrogen (secondary N) is 1. The van der Waals surface area contributed by atoms with E-state index in [-0.39, 0.29) is 12.0 Å². The summed E-state index contributed by atoms with van der Waals surface area (Å²) in [6.45, 7) is 1.42. The Morgan fingerprint density at radius 2 is 2.05 bits per heavy atom. The van der Waals surface area contributed by atoms with Crippen LogP contribution < -0.4 is 14.8 Å². The molecule has 116 valence electrons. The summed E-state index contributed by atoms with van der Waals surface area (Å²) >= 11 is 0. The van der Waals surface area contributed by atoms with Crippen molar-refractivity contribution in [1.29, 1.82) is 0 Å². The van der Waals surface area contributed by atoms with Crippen molar-refractivity contribution in [2.24, 2.45) is 0 Å². The van der Waals surface area contributed by atoms with Gasteiger partial charge in [0.2, 0.25) is 0 Å². The van der Waals surface area contributed by atoms with E-state index in [1.807, 2.05) is 0 Å². The van der Waals surface area contributed by atoms with E-state index in [2.05, 4.69) is 15.0 Å². The zero-order valence-electron chi connectivity index (χ0n) is 10.8. The van der Waals surface area contributed by atoms with Gasteiger partial charge in [0.25, 0.3) is 5.88 Å². The lowest BCUT2D eigenvalue weighted by molar-refractivity contribution is -0.189. The lowest BCUT2D eigenvalue weighted by Crippen LogP contribution is -2.34. The van der Waals surface area contributed by atoms with Gasteiger partial charge in [0.15, 0.2) is 5.75 Å². The predicted octanol–water partition coefficient (Wildman–Crippen LogP) is 1.39. The average Bonchev–Trinajstić information content (AvgIpc) is 2.42. The van der Waals surface area contributed by atoms with Gasteiger partial charge in [-0.05, 0) is 25.9 Å². The highest BCUT2D eigenvalue weighted by atomic mass is 19.4. The number of carbonyl (C=O) groups is 1. The highest BCUT2D eigenvalue weighted by Gasteiger charge is 2.42. The van der Waals surface area contributed by atoms with Gasteiger partial charge in [0, 0.05) is 6.07 Å². The van der Waals surface area contributed by atoms with E-state index in [0.717, 1.165) is 12.3 Å². The summed E-state index contributed by atoms with van der Waals surface area (Å²) in [7, 11) is 0. The smallest absolute Gasteiger partial charge is 0.491 e. The molecule has 2 heterocycles. The van der Waals surface area contributed by atoms with Crippen molar-refractivity contribution in [3.63, 3.8) is 0 Å². The monoisotopic (exact) mass is 306 g/mol. The number of rotatable bonds is 3. The summed E-state index contributed by atoms with van der Waals surface area (Å²) in [6, 6.07) is 0.854. The zero-order chi connectivity index (χ0) is 15.5. The van der Waals surface area contributed by atoms with E-state index >= 15 is 0 Å². The number of halogens is 3. The minimum absolute atomic E-state index is 0.244. The Labute approximate surface area is 117 Å². The quantitative estimate of drug-likeness (QED) is 0.821. The molecule has 9 heteroatoms. The summed E-state index contributed by atoms with van der Waals surface area (Å²) in [5.74, 6) is -3.64. The van der Waals surface area contributed by atoms with E-state index in [1.165, 1.54) is 0 Å². The van der Waals surface area contributed by atoms with Crippen molar-refractivity contribution >= 4 is 5.97 Å². The van der Waals surface area contributed by atoms with Gasteiger partial charge in [-0.3, -0.25) is 0 Å². The number of piperidine rings is 1. The Morgan fingerprint density at radius 1 is 1.38 bits per heavy atom. The van der Waals surface area contributed by atoms with E-state index in [4.69, 9.17) is 4.74 Å². The molecular formula is C12H13F3N2O4. The number of pyridine rings is 1. The van der Waals surface area contributed by atoms with Crippen LogP contribution in [0.3, 0.4) is 0 Å². The molecule has 0 bridgehead atoms. The molecule has 0 saturated carbocycles. The first kappa shape index (κ1) is 15.4. The number of hydrogen-bond acceptors (Lipinski definition) is 6. The van der Waals surface area contributed by atoms with E-state index in [1.54, 1.807) is 0 Å². The van der Waals surface area contributed by atoms with Crippen LogP contribution in [0.15, 0.2) is 12.3 Å². The van der Waals surface area contributed by atoms with E-state index < -0.39 is 23.6 Å². The van der Waals surface area contributed by atoms with Crippen molar-refractivity contribution < 1.29 is 32.5 Å². The maximum absolute atomic E-state index is 12.2. The molecule has 2 rings (SSSR count). The minimum atomic E-state index is -5.14. The lowest BCUT2D eigenvalue weighted by Gasteiger charge is -2.24. The second kappa shape index (κ2) is 6.17. The van der Waals surface area contributed by atoms with Gasteiger partial charge in [0.1, 0.15) is 11.9 Å². The molecular weight excluding hydrogens is 293 g/mol.